The minimum atomic E-state index is 0. The molecule has 2 N–H and O–H groups in total. The molecule has 1 heterocycles. The van der Waals surface area contributed by atoms with Crippen molar-refractivity contribution in [2.75, 3.05) is 5.73 Å². The molecule has 0 fully saturated rings. The summed E-state index contributed by atoms with van der Waals surface area (Å²) in [7, 11) is 1.68. The molecule has 1 aromatic heterocycles. The predicted molar refractivity (Wildman–Crippen MR) is 30.5 cm³/mol. The van der Waals surface area contributed by atoms with Crippen molar-refractivity contribution in [2.45, 2.75) is 0 Å². The molecule has 1 rings (SSSR count). The second-order valence-electron chi connectivity index (χ2n) is 1.16. The minimum Gasteiger partial charge on any atom is -0.367 e. The average molecular weight is 136 g/mol. The van der Waals surface area contributed by atoms with Crippen LogP contribution in [0.2, 0.25) is 0 Å². The van der Waals surface area contributed by atoms with Crippen LogP contribution in [0.4, 0.5) is 5.95 Å². The molecule has 0 aromatic carbocycles. The van der Waals surface area contributed by atoms with E-state index in [1.165, 1.54) is 4.68 Å². The van der Waals surface area contributed by atoms with Crippen molar-refractivity contribution in [3.63, 3.8) is 0 Å². The van der Waals surface area contributed by atoms with Gasteiger partial charge >= 0.3 is 0 Å². The highest BCUT2D eigenvalue weighted by Crippen LogP contribution is 1.82. The van der Waals surface area contributed by atoms with Crippen molar-refractivity contribution < 1.29 is 0 Å². The number of nitrogens with zero attached hydrogens (tertiary/aromatic N) is 4. The molecule has 0 amide bonds. The Morgan fingerprint density at radius 3 is 2.38 bits per heavy atom. The zero-order valence-electron chi connectivity index (χ0n) is 4.27. The Morgan fingerprint density at radius 1 is 1.62 bits per heavy atom. The van der Waals surface area contributed by atoms with Gasteiger partial charge in [0.15, 0.2) is 0 Å². The number of rotatable bonds is 0. The van der Waals surface area contributed by atoms with Crippen molar-refractivity contribution >= 4 is 18.4 Å². The van der Waals surface area contributed by atoms with E-state index in [1.54, 1.807) is 7.05 Å². The maximum Gasteiger partial charge on any atom is 0.240 e. The Balaban J connectivity index is 0.000000490. The summed E-state index contributed by atoms with van der Waals surface area (Å²) in [5, 5.41) is 10.1. The van der Waals surface area contributed by atoms with E-state index in [4.69, 9.17) is 5.73 Å². The fraction of sp³-hybridized carbons (Fsp3) is 0.500. The Morgan fingerprint density at radius 2 is 2.25 bits per heavy atom. The first-order chi connectivity index (χ1) is 3.30. The maximum absolute atomic E-state index is 5.17. The van der Waals surface area contributed by atoms with Crippen LogP contribution >= 0.6 is 12.4 Å². The molecule has 0 unspecified atom stereocenters. The molecule has 8 heavy (non-hydrogen) atoms. The van der Waals surface area contributed by atoms with Crippen LogP contribution in [-0.4, -0.2) is 20.2 Å². The number of halogens is 1. The van der Waals surface area contributed by atoms with E-state index in [1.807, 2.05) is 0 Å². The Labute approximate surface area is 52.3 Å². The molecule has 0 aliphatic rings. The third-order valence-corrected chi connectivity index (χ3v) is 0.653. The third-order valence-electron chi connectivity index (χ3n) is 0.653. The Kier molecular flexibility index (Phi) is 2.20. The lowest BCUT2D eigenvalue weighted by Crippen LogP contribution is -1.97. The van der Waals surface area contributed by atoms with Crippen LogP contribution in [0.5, 0.6) is 0 Å². The molecule has 0 aliphatic heterocycles. The van der Waals surface area contributed by atoms with E-state index < -0.39 is 0 Å². The molecule has 0 aliphatic carbocycles. The highest BCUT2D eigenvalue weighted by atomic mass is 35.5. The average Bonchev–Trinajstić information content (AvgIpc) is 1.91. The van der Waals surface area contributed by atoms with E-state index in [2.05, 4.69) is 15.5 Å². The lowest BCUT2D eigenvalue weighted by molar-refractivity contribution is 0.716. The number of aryl methyl sites for hydroxylation is 1. The van der Waals surface area contributed by atoms with Gasteiger partial charge in [-0.1, -0.05) is 5.10 Å². The summed E-state index contributed by atoms with van der Waals surface area (Å²) in [6.07, 6.45) is 0. The van der Waals surface area contributed by atoms with Gasteiger partial charge in [-0.25, -0.2) is 4.68 Å². The van der Waals surface area contributed by atoms with Gasteiger partial charge in [0, 0.05) is 7.05 Å². The first-order valence-electron chi connectivity index (χ1n) is 1.78. The molecule has 0 saturated carbocycles. The number of aromatic nitrogens is 4. The zero-order valence-corrected chi connectivity index (χ0v) is 5.09. The van der Waals surface area contributed by atoms with Crippen LogP contribution in [0.25, 0.3) is 0 Å². The van der Waals surface area contributed by atoms with Crippen LogP contribution in [0.1, 0.15) is 0 Å². The van der Waals surface area contributed by atoms with Crippen molar-refractivity contribution in [1.82, 2.24) is 20.2 Å². The van der Waals surface area contributed by atoms with Gasteiger partial charge < -0.3 is 5.73 Å². The molecular formula is C2H6ClN5. The van der Waals surface area contributed by atoms with Crippen LogP contribution in [0.3, 0.4) is 0 Å². The molecule has 0 saturated heterocycles. The normalized spacial score (nSPS) is 8.12. The third kappa shape index (κ3) is 1.06. The van der Waals surface area contributed by atoms with E-state index in [9.17, 15) is 0 Å². The Bertz CT molecular complexity index is 143. The minimum absolute atomic E-state index is 0. The van der Waals surface area contributed by atoms with Gasteiger partial charge in [-0.2, -0.15) is 0 Å². The summed E-state index contributed by atoms with van der Waals surface area (Å²) in [6.45, 7) is 0. The molecular weight excluding hydrogens is 130 g/mol. The van der Waals surface area contributed by atoms with Gasteiger partial charge in [-0.05, 0) is 10.4 Å². The fourth-order valence-electron chi connectivity index (χ4n) is 0.236. The van der Waals surface area contributed by atoms with Gasteiger partial charge in [0.05, 0.1) is 0 Å². The predicted octanol–water partition coefficient (Wildman–Crippen LogP) is -0.786. The topological polar surface area (TPSA) is 69.6 Å². The molecule has 6 heteroatoms. The molecule has 1 aromatic rings. The maximum atomic E-state index is 5.17. The fourth-order valence-corrected chi connectivity index (χ4v) is 0.236. The van der Waals surface area contributed by atoms with E-state index in [-0.39, 0.29) is 12.4 Å². The lowest BCUT2D eigenvalue weighted by Gasteiger charge is -1.81. The molecule has 0 atom stereocenters. The molecule has 0 radical (unpaired) electrons. The van der Waals surface area contributed by atoms with Crippen LogP contribution in [0.15, 0.2) is 0 Å². The van der Waals surface area contributed by atoms with Gasteiger partial charge in [0.25, 0.3) is 0 Å². The number of nitrogen functional groups attached to an aromatic ring is 1. The summed E-state index contributed by atoms with van der Waals surface area (Å²) in [6, 6.07) is 0. The monoisotopic (exact) mass is 135 g/mol. The highest BCUT2D eigenvalue weighted by molar-refractivity contribution is 5.85. The van der Waals surface area contributed by atoms with Crippen LogP contribution in [-0.2, 0) is 7.05 Å². The SMILES string of the molecule is Cl.Cn1nnnc1N. The summed E-state index contributed by atoms with van der Waals surface area (Å²) < 4.78 is 1.39. The first kappa shape index (κ1) is 7.16. The quantitative estimate of drug-likeness (QED) is 0.507. The van der Waals surface area contributed by atoms with Gasteiger partial charge in [0.2, 0.25) is 5.95 Å². The summed E-state index contributed by atoms with van der Waals surface area (Å²) >= 11 is 0. The molecule has 0 spiro atoms. The van der Waals surface area contributed by atoms with Crippen LogP contribution < -0.4 is 5.73 Å². The number of anilines is 1. The number of hydrogen-bond acceptors (Lipinski definition) is 4. The van der Waals surface area contributed by atoms with Gasteiger partial charge in [-0.3, -0.25) is 0 Å². The van der Waals surface area contributed by atoms with E-state index in [0.29, 0.717) is 5.95 Å². The van der Waals surface area contributed by atoms with Gasteiger partial charge in [-0.15, -0.1) is 12.4 Å². The van der Waals surface area contributed by atoms with Crippen molar-refractivity contribution in [2.24, 2.45) is 7.05 Å². The lowest BCUT2D eigenvalue weighted by atomic mass is 11.0. The summed E-state index contributed by atoms with van der Waals surface area (Å²) in [5.41, 5.74) is 5.17. The smallest absolute Gasteiger partial charge is 0.240 e. The number of tetrazole rings is 1. The van der Waals surface area contributed by atoms with Gasteiger partial charge in [0.1, 0.15) is 0 Å². The second kappa shape index (κ2) is 2.46. The van der Waals surface area contributed by atoms with Crippen LogP contribution in [0, 0.1) is 0 Å². The highest BCUT2D eigenvalue weighted by Gasteiger charge is 1.88. The first-order valence-corrected chi connectivity index (χ1v) is 1.78. The summed E-state index contributed by atoms with van der Waals surface area (Å²) in [5.74, 6) is 0.333. The number of hydrogen-bond donors (Lipinski definition) is 1. The molecule has 5 nitrogen and oxygen atoms in total. The largest absolute Gasteiger partial charge is 0.367 e. The van der Waals surface area contributed by atoms with Crippen molar-refractivity contribution in [1.29, 1.82) is 0 Å². The van der Waals surface area contributed by atoms with E-state index >= 15 is 0 Å². The zero-order chi connectivity index (χ0) is 5.28. The number of nitrogens with two attached hydrogens (primary N) is 1. The summed E-state index contributed by atoms with van der Waals surface area (Å²) in [4.78, 5) is 0. The molecule has 46 valence electrons. The van der Waals surface area contributed by atoms with Crippen molar-refractivity contribution in [3.8, 4) is 0 Å². The van der Waals surface area contributed by atoms with Crippen molar-refractivity contribution in [3.05, 3.63) is 0 Å². The second-order valence-corrected chi connectivity index (χ2v) is 1.16. The molecule has 0 bridgehead atoms. The Hall–Kier alpha value is -0.840. The standard InChI is InChI=1S/C2H5N5.ClH/c1-7-2(3)4-5-6-7;/h1H3,(H2,3,4,6);1H. The van der Waals surface area contributed by atoms with E-state index in [0.717, 1.165) is 0 Å².